The topological polar surface area (TPSA) is 56.1 Å². The molecule has 1 aliphatic carbocycles. The predicted molar refractivity (Wildman–Crippen MR) is 262 cm³/mol. The summed E-state index contributed by atoms with van der Waals surface area (Å²) in [5.74, 6) is 0. The van der Waals surface area contributed by atoms with Crippen LogP contribution >= 0.6 is 10.0 Å². The summed E-state index contributed by atoms with van der Waals surface area (Å²) in [5.41, 5.74) is 19.4. The number of nitrogens with zero attached hydrogens (tertiary/aromatic N) is 1. The smallest absolute Gasteiger partial charge is 0.135 e. The van der Waals surface area contributed by atoms with Gasteiger partial charge in [-0.1, -0.05) is 140 Å². The van der Waals surface area contributed by atoms with Crippen molar-refractivity contribution >= 4 is 65.0 Å². The van der Waals surface area contributed by atoms with Crippen LogP contribution in [-0.2, 0) is 6.54 Å². The SMILES string of the molecule is N/C(=C1/C2=CCCC=C2c2cccc3c4ccccc4n(c23)C1NCc1ccc2oc3ccc(S(c4ccccc4)(c4ccccc4)c4ccccc4)cc3c2c1)c1ccccc1. The minimum Gasteiger partial charge on any atom is -0.456 e. The van der Waals surface area contributed by atoms with E-state index in [4.69, 9.17) is 10.2 Å². The fourth-order valence-electron chi connectivity index (χ4n) is 10.3. The van der Waals surface area contributed by atoms with Crippen molar-refractivity contribution in [2.45, 2.75) is 45.1 Å². The number of fused-ring (bicyclic) bond motifs is 8. The van der Waals surface area contributed by atoms with Gasteiger partial charge in [-0.2, -0.15) is 0 Å². The van der Waals surface area contributed by atoms with E-state index in [1.165, 1.54) is 63.7 Å². The van der Waals surface area contributed by atoms with Crippen LogP contribution in [-0.4, -0.2) is 4.57 Å². The maximum absolute atomic E-state index is 7.43. The van der Waals surface area contributed by atoms with Crippen molar-refractivity contribution in [2.24, 2.45) is 5.73 Å². The lowest BCUT2D eigenvalue weighted by Crippen LogP contribution is -2.30. The molecule has 8 aromatic carbocycles. The Morgan fingerprint density at radius 1 is 0.540 bits per heavy atom. The molecule has 4 nitrogen and oxygen atoms in total. The van der Waals surface area contributed by atoms with Gasteiger partial charge in [0.1, 0.15) is 17.3 Å². The van der Waals surface area contributed by atoms with Crippen molar-refractivity contribution in [3.63, 3.8) is 0 Å². The zero-order valence-corrected chi connectivity index (χ0v) is 35.6. The molecule has 0 spiro atoms. The third-order valence-corrected chi connectivity index (χ3v) is 16.9. The second-order valence-corrected chi connectivity index (χ2v) is 19.6. The summed E-state index contributed by atoms with van der Waals surface area (Å²) < 4.78 is 9.14. The molecule has 2 aliphatic rings. The minimum atomic E-state index is -1.87. The molecule has 63 heavy (non-hydrogen) atoms. The highest BCUT2D eigenvalue weighted by Gasteiger charge is 2.35. The molecule has 5 heteroatoms. The lowest BCUT2D eigenvalue weighted by Gasteiger charge is -2.42. The van der Waals surface area contributed by atoms with Gasteiger partial charge in [0, 0.05) is 64.5 Å². The fraction of sp³-hybridized carbons (Fsp3) is 0.0690. The van der Waals surface area contributed by atoms with E-state index in [1.54, 1.807) is 0 Å². The lowest BCUT2D eigenvalue weighted by molar-refractivity contribution is 0.487. The Labute approximate surface area is 368 Å². The van der Waals surface area contributed by atoms with Gasteiger partial charge in [-0.05, 0) is 108 Å². The summed E-state index contributed by atoms with van der Waals surface area (Å²) in [6, 6.07) is 72.6. The Morgan fingerprint density at radius 3 is 1.79 bits per heavy atom. The molecule has 0 saturated heterocycles. The van der Waals surface area contributed by atoms with E-state index < -0.39 is 10.0 Å². The van der Waals surface area contributed by atoms with Crippen molar-refractivity contribution in [3.8, 4) is 0 Å². The van der Waals surface area contributed by atoms with Crippen LogP contribution in [0.15, 0.2) is 247 Å². The predicted octanol–water partition coefficient (Wildman–Crippen LogP) is 14.8. The van der Waals surface area contributed by atoms with Crippen LogP contribution < -0.4 is 11.1 Å². The molecule has 0 radical (unpaired) electrons. The van der Waals surface area contributed by atoms with E-state index in [0.717, 1.165) is 51.6 Å². The Kier molecular flexibility index (Phi) is 9.06. The third kappa shape index (κ3) is 5.95. The van der Waals surface area contributed by atoms with E-state index >= 15 is 0 Å². The number of rotatable bonds is 8. The highest BCUT2D eigenvalue weighted by Crippen LogP contribution is 2.73. The molecule has 304 valence electrons. The zero-order chi connectivity index (χ0) is 41.9. The number of nitrogens with one attached hydrogen (secondary N) is 1. The van der Waals surface area contributed by atoms with Gasteiger partial charge >= 0.3 is 0 Å². The van der Waals surface area contributed by atoms with Gasteiger partial charge in [0.2, 0.25) is 0 Å². The summed E-state index contributed by atoms with van der Waals surface area (Å²) >= 11 is 0. The molecule has 0 amide bonds. The summed E-state index contributed by atoms with van der Waals surface area (Å²) in [7, 11) is -1.87. The molecule has 1 unspecified atom stereocenters. The number of allylic oxidation sites excluding steroid dienone is 3. The Hall–Kier alpha value is -7.31. The van der Waals surface area contributed by atoms with Gasteiger partial charge in [0.25, 0.3) is 0 Å². The van der Waals surface area contributed by atoms with Crippen LogP contribution in [0.3, 0.4) is 0 Å². The van der Waals surface area contributed by atoms with Crippen molar-refractivity contribution in [1.82, 2.24) is 9.88 Å². The second kappa shape index (κ2) is 15.2. The standard InChI is InChI=1S/C58H45N3OS/c59-56(40-18-5-1-6-19-40)55-47-28-14-13-26-45(47)48-29-17-30-49-46-27-15-16-31-52(46)61(57(48)49)58(55)60-38-39-32-34-53-50(36-39)51-37-44(33-35-54(51)62-53)63(41-20-7-2-8-21-41,42-22-9-3-10-23-42)43-24-11-4-12-25-43/h1-12,15-37,58,60H,13-14,38,59H2/b56-55-. The summed E-state index contributed by atoms with van der Waals surface area (Å²) in [6.45, 7) is 0.605. The number of hydrogen-bond acceptors (Lipinski definition) is 3. The third-order valence-electron chi connectivity index (χ3n) is 13.0. The molecule has 1 atom stereocenters. The van der Waals surface area contributed by atoms with Crippen molar-refractivity contribution < 1.29 is 4.42 Å². The zero-order valence-electron chi connectivity index (χ0n) is 34.7. The summed E-state index contributed by atoms with van der Waals surface area (Å²) in [6.07, 6.45) is 6.53. The van der Waals surface area contributed by atoms with Crippen LogP contribution in [0.4, 0.5) is 0 Å². The molecule has 10 aromatic rings. The highest BCUT2D eigenvalue weighted by atomic mass is 32.3. The van der Waals surface area contributed by atoms with Crippen molar-refractivity contribution in [2.75, 3.05) is 0 Å². The first-order valence-corrected chi connectivity index (χ1v) is 23.5. The molecule has 2 aromatic heterocycles. The van der Waals surface area contributed by atoms with Gasteiger partial charge in [0.15, 0.2) is 0 Å². The maximum atomic E-state index is 7.43. The van der Waals surface area contributed by atoms with Gasteiger partial charge in [-0.15, -0.1) is 10.0 Å². The number of benzene rings is 8. The van der Waals surface area contributed by atoms with Crippen LogP contribution in [0, 0.1) is 0 Å². The molecular weight excluding hydrogens is 787 g/mol. The molecule has 3 N–H and O–H groups in total. The molecule has 0 fully saturated rings. The number of para-hydroxylation sites is 2. The monoisotopic (exact) mass is 831 g/mol. The number of aromatic nitrogens is 1. The molecular formula is C58H45N3OS. The molecule has 0 saturated carbocycles. The average molecular weight is 832 g/mol. The van der Waals surface area contributed by atoms with Crippen molar-refractivity contribution in [1.29, 1.82) is 0 Å². The van der Waals surface area contributed by atoms with E-state index in [-0.39, 0.29) is 6.17 Å². The molecule has 3 heterocycles. The van der Waals surface area contributed by atoms with Gasteiger partial charge < -0.3 is 14.7 Å². The first-order chi connectivity index (χ1) is 31.2. The number of hydrogen-bond donors (Lipinski definition) is 2. The first kappa shape index (κ1) is 37.5. The number of nitrogens with two attached hydrogens (primary N) is 1. The Morgan fingerprint density at radius 2 is 1.11 bits per heavy atom. The largest absolute Gasteiger partial charge is 0.456 e. The molecule has 0 bridgehead atoms. The van der Waals surface area contributed by atoms with Gasteiger partial charge in [-0.3, -0.25) is 5.32 Å². The van der Waals surface area contributed by atoms with E-state index in [9.17, 15) is 0 Å². The highest BCUT2D eigenvalue weighted by molar-refractivity contribution is 8.34. The van der Waals surface area contributed by atoms with Crippen LogP contribution in [0.1, 0.15) is 35.7 Å². The van der Waals surface area contributed by atoms with Crippen LogP contribution in [0.25, 0.3) is 55.0 Å². The summed E-state index contributed by atoms with van der Waals surface area (Å²) in [4.78, 5) is 5.14. The lowest BCUT2D eigenvalue weighted by atomic mass is 9.84. The quantitative estimate of drug-likeness (QED) is 0.160. The average Bonchev–Trinajstić information content (AvgIpc) is 3.85. The van der Waals surface area contributed by atoms with Gasteiger partial charge in [0.05, 0.1) is 11.0 Å². The first-order valence-electron chi connectivity index (χ1n) is 21.8. The maximum Gasteiger partial charge on any atom is 0.135 e. The van der Waals surface area contributed by atoms with E-state index in [2.05, 4.69) is 222 Å². The van der Waals surface area contributed by atoms with Gasteiger partial charge in [-0.25, -0.2) is 0 Å². The minimum absolute atomic E-state index is 0.265. The molecule has 1 aliphatic heterocycles. The Bertz CT molecular complexity index is 3360. The fourth-order valence-corrected chi connectivity index (χ4v) is 14.2. The molecule has 12 rings (SSSR count). The van der Waals surface area contributed by atoms with Crippen LogP contribution in [0.5, 0.6) is 0 Å². The van der Waals surface area contributed by atoms with E-state index in [0.29, 0.717) is 6.54 Å². The van der Waals surface area contributed by atoms with Crippen LogP contribution in [0.2, 0.25) is 0 Å². The summed E-state index contributed by atoms with van der Waals surface area (Å²) in [5, 5.41) is 8.84. The Balaban J connectivity index is 1.03. The second-order valence-electron chi connectivity index (χ2n) is 16.5. The number of furan rings is 1. The van der Waals surface area contributed by atoms with Crippen molar-refractivity contribution in [3.05, 3.63) is 240 Å². The van der Waals surface area contributed by atoms with E-state index in [1.807, 2.05) is 0 Å². The normalized spacial score (nSPS) is 16.2.